The van der Waals surface area contributed by atoms with Gasteiger partial charge in [0.15, 0.2) is 5.69 Å². The summed E-state index contributed by atoms with van der Waals surface area (Å²) in [5.41, 5.74) is 5.98. The number of nitrogens with one attached hydrogen (secondary N) is 1. The van der Waals surface area contributed by atoms with Gasteiger partial charge in [-0.1, -0.05) is 49.4 Å². The molecule has 0 saturated carbocycles. The molecule has 4 rings (SSSR count). The Morgan fingerprint density at radius 3 is 2.62 bits per heavy atom. The van der Waals surface area contributed by atoms with E-state index in [1.807, 2.05) is 19.1 Å². The number of amides is 1. The zero-order chi connectivity index (χ0) is 20.2. The fourth-order valence-electron chi connectivity index (χ4n) is 3.82. The zero-order valence-electron chi connectivity index (χ0n) is 16.5. The third kappa shape index (κ3) is 3.83. The summed E-state index contributed by atoms with van der Waals surface area (Å²) in [6, 6.07) is 15.3. The second kappa shape index (κ2) is 8.39. The van der Waals surface area contributed by atoms with Crippen LogP contribution in [0, 0.1) is 0 Å². The number of aryl methyl sites for hydroxylation is 2. The zero-order valence-corrected chi connectivity index (χ0v) is 16.5. The number of rotatable bonds is 4. The second-order valence-corrected chi connectivity index (χ2v) is 7.29. The summed E-state index contributed by atoms with van der Waals surface area (Å²) in [6.07, 6.45) is 4.74. The number of benzene rings is 2. The Bertz CT molecular complexity index is 1150. The Morgan fingerprint density at radius 2 is 1.79 bits per heavy atom. The molecule has 2 aromatic carbocycles. The number of carbonyl (C=O) groups is 1. The molecular formula is C23H24N4O2. The van der Waals surface area contributed by atoms with Gasteiger partial charge >= 0.3 is 0 Å². The van der Waals surface area contributed by atoms with Gasteiger partial charge < -0.3 is 0 Å². The molecule has 0 aliphatic heterocycles. The Labute approximate surface area is 169 Å². The number of carbonyl (C=O) groups excluding carboxylic acids is 1. The van der Waals surface area contributed by atoms with Crippen molar-refractivity contribution < 1.29 is 4.79 Å². The first-order valence-electron chi connectivity index (χ1n) is 10.1. The molecule has 29 heavy (non-hydrogen) atoms. The van der Waals surface area contributed by atoms with Crippen LogP contribution < -0.4 is 11.0 Å². The van der Waals surface area contributed by atoms with Gasteiger partial charge in [0.1, 0.15) is 0 Å². The van der Waals surface area contributed by atoms with E-state index < -0.39 is 5.91 Å². The molecule has 3 aromatic rings. The van der Waals surface area contributed by atoms with E-state index >= 15 is 0 Å². The lowest BCUT2D eigenvalue weighted by atomic mass is 10.0. The largest absolute Gasteiger partial charge is 0.292 e. The molecule has 0 unspecified atom stereocenters. The summed E-state index contributed by atoms with van der Waals surface area (Å²) in [5.74, 6) is -0.403. The van der Waals surface area contributed by atoms with E-state index in [1.54, 1.807) is 24.3 Å². The molecule has 0 bridgehead atoms. The molecule has 0 fully saturated rings. The third-order valence-electron chi connectivity index (χ3n) is 5.25. The highest BCUT2D eigenvalue weighted by Gasteiger charge is 2.18. The SMILES string of the molecule is CCCn1nc(C(=O)N/N=C2/CCCCc3ccccc32)c2ccccc2c1=O. The molecule has 0 radical (unpaired) electrons. The molecule has 6 heteroatoms. The Kier molecular flexibility index (Phi) is 5.51. The van der Waals surface area contributed by atoms with Crippen LogP contribution in [-0.2, 0) is 13.0 Å². The Hall–Kier alpha value is -3.28. The van der Waals surface area contributed by atoms with Crippen LogP contribution in [0.1, 0.15) is 54.2 Å². The van der Waals surface area contributed by atoms with Crippen LogP contribution in [0.4, 0.5) is 0 Å². The third-order valence-corrected chi connectivity index (χ3v) is 5.25. The van der Waals surface area contributed by atoms with Crippen LogP contribution in [0.5, 0.6) is 0 Å². The lowest BCUT2D eigenvalue weighted by Crippen LogP contribution is -2.29. The molecule has 1 aliphatic carbocycles. The van der Waals surface area contributed by atoms with Crippen molar-refractivity contribution in [2.24, 2.45) is 5.10 Å². The highest BCUT2D eigenvalue weighted by Crippen LogP contribution is 2.21. The Balaban J connectivity index is 1.71. The summed E-state index contributed by atoms with van der Waals surface area (Å²) in [6.45, 7) is 2.43. The van der Waals surface area contributed by atoms with Crippen LogP contribution in [0.15, 0.2) is 58.4 Å². The van der Waals surface area contributed by atoms with Crippen molar-refractivity contribution in [2.45, 2.75) is 45.6 Å². The van der Waals surface area contributed by atoms with Gasteiger partial charge in [-0.3, -0.25) is 9.59 Å². The monoisotopic (exact) mass is 388 g/mol. The highest BCUT2D eigenvalue weighted by atomic mass is 16.2. The minimum atomic E-state index is -0.403. The van der Waals surface area contributed by atoms with E-state index in [4.69, 9.17) is 0 Å². The maximum atomic E-state index is 13.0. The van der Waals surface area contributed by atoms with Crippen molar-refractivity contribution in [3.05, 3.63) is 75.7 Å². The molecule has 1 amide bonds. The minimum absolute atomic E-state index is 0.178. The van der Waals surface area contributed by atoms with Gasteiger partial charge in [-0.2, -0.15) is 10.2 Å². The van der Waals surface area contributed by atoms with Gasteiger partial charge in [0.05, 0.1) is 11.1 Å². The fraction of sp³-hybridized carbons (Fsp3) is 0.304. The van der Waals surface area contributed by atoms with Crippen molar-refractivity contribution in [3.63, 3.8) is 0 Å². The first-order chi connectivity index (χ1) is 14.2. The average molecular weight is 388 g/mol. The van der Waals surface area contributed by atoms with Gasteiger partial charge in [0, 0.05) is 17.5 Å². The van der Waals surface area contributed by atoms with Crippen molar-refractivity contribution in [3.8, 4) is 0 Å². The number of hydrogen-bond donors (Lipinski definition) is 1. The maximum absolute atomic E-state index is 13.0. The van der Waals surface area contributed by atoms with Gasteiger partial charge in [0.25, 0.3) is 11.5 Å². The molecular weight excluding hydrogens is 364 g/mol. The standard InChI is InChI=1S/C23H24N4O2/c1-2-15-27-23(29)19-13-7-6-12-18(19)21(26-27)22(28)25-24-20-14-8-4-10-16-9-3-5-11-17(16)20/h3,5-7,9,11-13H,2,4,8,10,14-15H2,1H3,(H,25,28)/b24-20-. The average Bonchev–Trinajstić information content (AvgIpc) is 2.96. The summed E-state index contributed by atoms with van der Waals surface area (Å²) >= 11 is 0. The van der Waals surface area contributed by atoms with Crippen molar-refractivity contribution in [2.75, 3.05) is 0 Å². The topological polar surface area (TPSA) is 76.3 Å². The molecule has 1 N–H and O–H groups in total. The number of hydrogen-bond acceptors (Lipinski definition) is 4. The Morgan fingerprint density at radius 1 is 1.07 bits per heavy atom. The molecule has 1 heterocycles. The quantitative estimate of drug-likeness (QED) is 0.547. The number of hydrazone groups is 1. The van der Waals surface area contributed by atoms with Crippen LogP contribution in [-0.4, -0.2) is 21.4 Å². The summed E-state index contributed by atoms with van der Waals surface area (Å²) < 4.78 is 1.37. The molecule has 148 valence electrons. The number of nitrogens with zero attached hydrogens (tertiary/aromatic N) is 3. The second-order valence-electron chi connectivity index (χ2n) is 7.29. The summed E-state index contributed by atoms with van der Waals surface area (Å²) in [5, 5.41) is 9.83. The molecule has 0 saturated heterocycles. The highest BCUT2D eigenvalue weighted by molar-refractivity contribution is 6.06. The molecule has 1 aliphatic rings. The van der Waals surface area contributed by atoms with Gasteiger partial charge in [0.2, 0.25) is 0 Å². The maximum Gasteiger partial charge on any atom is 0.292 e. The van der Waals surface area contributed by atoms with E-state index in [1.165, 1.54) is 10.2 Å². The van der Waals surface area contributed by atoms with E-state index in [0.29, 0.717) is 17.3 Å². The van der Waals surface area contributed by atoms with Gasteiger partial charge in [-0.25, -0.2) is 10.1 Å². The lowest BCUT2D eigenvalue weighted by Gasteiger charge is -2.11. The number of fused-ring (bicyclic) bond motifs is 2. The molecule has 6 nitrogen and oxygen atoms in total. The first-order valence-corrected chi connectivity index (χ1v) is 10.1. The molecule has 1 aromatic heterocycles. The normalized spacial score (nSPS) is 15.1. The predicted molar refractivity (Wildman–Crippen MR) is 114 cm³/mol. The van der Waals surface area contributed by atoms with Crippen molar-refractivity contribution in [1.29, 1.82) is 0 Å². The predicted octanol–water partition coefficient (Wildman–Crippen LogP) is 3.67. The smallest absolute Gasteiger partial charge is 0.267 e. The van der Waals surface area contributed by atoms with Gasteiger partial charge in [-0.05, 0) is 43.7 Å². The van der Waals surface area contributed by atoms with Crippen molar-refractivity contribution in [1.82, 2.24) is 15.2 Å². The van der Waals surface area contributed by atoms with Gasteiger partial charge in [-0.15, -0.1) is 0 Å². The first kappa shape index (κ1) is 19.1. The van der Waals surface area contributed by atoms with Crippen LogP contribution in [0.2, 0.25) is 0 Å². The van der Waals surface area contributed by atoms with Crippen LogP contribution in [0.3, 0.4) is 0 Å². The molecule has 0 spiro atoms. The lowest BCUT2D eigenvalue weighted by molar-refractivity contribution is 0.0949. The minimum Gasteiger partial charge on any atom is -0.267 e. The van der Waals surface area contributed by atoms with Crippen molar-refractivity contribution >= 4 is 22.4 Å². The molecule has 0 atom stereocenters. The van der Waals surface area contributed by atoms with E-state index in [-0.39, 0.29) is 11.3 Å². The fourth-order valence-corrected chi connectivity index (χ4v) is 3.82. The van der Waals surface area contributed by atoms with Crippen LogP contribution in [0.25, 0.3) is 10.8 Å². The number of aromatic nitrogens is 2. The summed E-state index contributed by atoms with van der Waals surface area (Å²) in [7, 11) is 0. The van der Waals surface area contributed by atoms with E-state index in [0.717, 1.165) is 43.4 Å². The van der Waals surface area contributed by atoms with Crippen LogP contribution >= 0.6 is 0 Å². The van der Waals surface area contributed by atoms with E-state index in [2.05, 4.69) is 27.8 Å². The van der Waals surface area contributed by atoms with E-state index in [9.17, 15) is 9.59 Å². The summed E-state index contributed by atoms with van der Waals surface area (Å²) in [4.78, 5) is 25.6.